The smallest absolute Gasteiger partial charge is 0.269 e. The first-order valence-electron chi connectivity index (χ1n) is 5.14. The van der Waals surface area contributed by atoms with Crippen LogP contribution in [0.15, 0.2) is 24.3 Å². The number of non-ortho nitro benzene ring substituents is 1. The first-order valence-corrected chi connectivity index (χ1v) is 5.52. The second-order valence-electron chi connectivity index (χ2n) is 3.70. The highest BCUT2D eigenvalue weighted by Crippen LogP contribution is 2.24. The Balaban J connectivity index is 2.46. The molecule has 0 amide bonds. The number of aliphatic hydroxyl groups is 1. The largest absolute Gasteiger partial charge is 0.391 e. The molecule has 0 aliphatic heterocycles. The van der Waals surface area contributed by atoms with E-state index in [1.54, 1.807) is 19.1 Å². The minimum Gasteiger partial charge on any atom is -0.391 e. The highest BCUT2D eigenvalue weighted by atomic mass is 35.5. The molecule has 0 atom stereocenters. The third kappa shape index (κ3) is 2.07. The van der Waals surface area contributed by atoms with E-state index in [1.165, 1.54) is 16.8 Å². The van der Waals surface area contributed by atoms with Gasteiger partial charge in [-0.05, 0) is 19.1 Å². The molecule has 1 aromatic heterocycles. The summed E-state index contributed by atoms with van der Waals surface area (Å²) >= 11 is 6.07. The summed E-state index contributed by atoms with van der Waals surface area (Å²) in [6.45, 7) is 1.54. The number of aromatic nitrogens is 2. The predicted molar refractivity (Wildman–Crippen MR) is 65.9 cm³/mol. The summed E-state index contributed by atoms with van der Waals surface area (Å²) in [5.41, 5.74) is 1.78. The Morgan fingerprint density at radius 1 is 1.44 bits per heavy atom. The summed E-state index contributed by atoms with van der Waals surface area (Å²) in [7, 11) is 0. The molecule has 0 aliphatic rings. The van der Waals surface area contributed by atoms with Gasteiger partial charge in [-0.15, -0.1) is 0 Å². The lowest BCUT2D eigenvalue weighted by molar-refractivity contribution is -0.384. The number of nitro groups is 1. The molecule has 2 rings (SSSR count). The van der Waals surface area contributed by atoms with Crippen LogP contribution >= 0.6 is 11.6 Å². The van der Waals surface area contributed by atoms with E-state index in [1.807, 2.05) is 0 Å². The van der Waals surface area contributed by atoms with Crippen molar-refractivity contribution >= 4 is 17.3 Å². The Labute approximate surface area is 108 Å². The van der Waals surface area contributed by atoms with Crippen LogP contribution in [0.1, 0.15) is 11.3 Å². The van der Waals surface area contributed by atoms with Crippen molar-refractivity contribution in [3.63, 3.8) is 0 Å². The van der Waals surface area contributed by atoms with Crippen molar-refractivity contribution in [1.82, 2.24) is 9.78 Å². The van der Waals surface area contributed by atoms with Crippen LogP contribution in [0.25, 0.3) is 5.69 Å². The number of hydrogen-bond acceptors (Lipinski definition) is 4. The van der Waals surface area contributed by atoms with Crippen LogP contribution in [-0.4, -0.2) is 19.8 Å². The number of nitrogens with zero attached hydrogens (tertiary/aromatic N) is 3. The molecule has 1 aromatic carbocycles. The second kappa shape index (κ2) is 4.75. The van der Waals surface area contributed by atoms with Crippen molar-refractivity contribution in [1.29, 1.82) is 0 Å². The molecule has 18 heavy (non-hydrogen) atoms. The van der Waals surface area contributed by atoms with E-state index in [9.17, 15) is 10.1 Å². The van der Waals surface area contributed by atoms with Crippen LogP contribution in [0, 0.1) is 17.0 Å². The fourth-order valence-corrected chi connectivity index (χ4v) is 1.93. The molecule has 0 saturated heterocycles. The molecule has 6 nitrogen and oxygen atoms in total. The van der Waals surface area contributed by atoms with Crippen molar-refractivity contribution in [2.75, 3.05) is 0 Å². The van der Waals surface area contributed by atoms with E-state index < -0.39 is 4.92 Å². The van der Waals surface area contributed by atoms with Crippen LogP contribution in [0.2, 0.25) is 5.15 Å². The second-order valence-corrected chi connectivity index (χ2v) is 4.06. The first-order chi connectivity index (χ1) is 8.54. The minimum absolute atomic E-state index is 0.00105. The van der Waals surface area contributed by atoms with Gasteiger partial charge in [0.2, 0.25) is 0 Å². The highest BCUT2D eigenvalue weighted by Gasteiger charge is 2.14. The molecule has 0 fully saturated rings. The number of benzene rings is 1. The van der Waals surface area contributed by atoms with Crippen molar-refractivity contribution in [3.8, 4) is 5.69 Å². The number of halogens is 1. The Hall–Kier alpha value is -1.92. The van der Waals surface area contributed by atoms with Gasteiger partial charge in [0.05, 0.1) is 22.9 Å². The van der Waals surface area contributed by atoms with Gasteiger partial charge in [-0.1, -0.05) is 11.6 Å². The zero-order valence-electron chi connectivity index (χ0n) is 9.50. The van der Waals surface area contributed by atoms with Crippen molar-refractivity contribution in [3.05, 3.63) is 50.8 Å². The van der Waals surface area contributed by atoms with E-state index in [2.05, 4.69) is 5.10 Å². The standard InChI is InChI=1S/C11H10ClN3O3/c1-7-10(6-16)11(12)14(13-7)8-2-4-9(5-3-8)15(17)18/h2-5,16H,6H2,1H3. The van der Waals surface area contributed by atoms with E-state index in [0.717, 1.165) is 0 Å². The zero-order valence-corrected chi connectivity index (χ0v) is 10.3. The molecule has 0 unspecified atom stereocenters. The van der Waals surface area contributed by atoms with Gasteiger partial charge in [-0.3, -0.25) is 10.1 Å². The number of hydrogen-bond donors (Lipinski definition) is 1. The van der Waals surface area contributed by atoms with E-state index in [-0.39, 0.29) is 12.3 Å². The Morgan fingerprint density at radius 3 is 2.50 bits per heavy atom. The monoisotopic (exact) mass is 267 g/mol. The third-order valence-electron chi connectivity index (χ3n) is 2.58. The van der Waals surface area contributed by atoms with Crippen LogP contribution in [0.4, 0.5) is 5.69 Å². The Kier molecular flexibility index (Phi) is 3.31. The quantitative estimate of drug-likeness (QED) is 0.683. The van der Waals surface area contributed by atoms with Gasteiger partial charge in [0, 0.05) is 17.7 Å². The average Bonchev–Trinajstić information content (AvgIpc) is 2.64. The molecule has 1 N–H and O–H groups in total. The summed E-state index contributed by atoms with van der Waals surface area (Å²) in [4.78, 5) is 10.1. The van der Waals surface area contributed by atoms with E-state index >= 15 is 0 Å². The lowest BCUT2D eigenvalue weighted by Crippen LogP contribution is -1.97. The summed E-state index contributed by atoms with van der Waals surface area (Å²) < 4.78 is 1.44. The molecule has 94 valence electrons. The maximum absolute atomic E-state index is 10.5. The van der Waals surface area contributed by atoms with E-state index in [0.29, 0.717) is 22.1 Å². The third-order valence-corrected chi connectivity index (χ3v) is 2.97. The van der Waals surface area contributed by atoms with Crippen LogP contribution in [0.3, 0.4) is 0 Å². The van der Waals surface area contributed by atoms with Gasteiger partial charge in [-0.2, -0.15) is 5.10 Å². The van der Waals surface area contributed by atoms with Crippen LogP contribution < -0.4 is 0 Å². The fraction of sp³-hybridized carbons (Fsp3) is 0.182. The molecule has 0 radical (unpaired) electrons. The molecular formula is C11H10ClN3O3. The molecule has 1 heterocycles. The van der Waals surface area contributed by atoms with Gasteiger partial charge >= 0.3 is 0 Å². The Morgan fingerprint density at radius 2 is 2.06 bits per heavy atom. The summed E-state index contributed by atoms with van der Waals surface area (Å²) in [5, 5.41) is 24.2. The maximum atomic E-state index is 10.5. The zero-order chi connectivity index (χ0) is 13.3. The number of aliphatic hydroxyl groups excluding tert-OH is 1. The average molecular weight is 268 g/mol. The SMILES string of the molecule is Cc1nn(-c2ccc([N+](=O)[O-])cc2)c(Cl)c1CO. The lowest BCUT2D eigenvalue weighted by Gasteiger charge is -2.02. The first kappa shape index (κ1) is 12.5. The molecule has 0 aliphatic carbocycles. The summed E-state index contributed by atoms with van der Waals surface area (Å²) in [6.07, 6.45) is 0. The molecule has 0 bridgehead atoms. The maximum Gasteiger partial charge on any atom is 0.269 e. The Bertz CT molecular complexity index is 592. The van der Waals surface area contributed by atoms with Gasteiger partial charge in [0.1, 0.15) is 5.15 Å². The highest BCUT2D eigenvalue weighted by molar-refractivity contribution is 6.30. The van der Waals surface area contributed by atoms with Gasteiger partial charge in [0.25, 0.3) is 5.69 Å². The lowest BCUT2D eigenvalue weighted by atomic mass is 10.3. The van der Waals surface area contributed by atoms with Gasteiger partial charge < -0.3 is 5.11 Å². The molecule has 2 aromatic rings. The van der Waals surface area contributed by atoms with Gasteiger partial charge in [-0.25, -0.2) is 4.68 Å². The van der Waals surface area contributed by atoms with Gasteiger partial charge in [0.15, 0.2) is 0 Å². The topological polar surface area (TPSA) is 81.2 Å². The minimum atomic E-state index is -0.473. The van der Waals surface area contributed by atoms with E-state index in [4.69, 9.17) is 16.7 Å². The molecule has 0 saturated carbocycles. The number of rotatable bonds is 3. The number of nitro benzene ring substituents is 1. The van der Waals surface area contributed by atoms with Crippen molar-refractivity contribution < 1.29 is 10.0 Å². The predicted octanol–water partition coefficient (Wildman–Crippen LogP) is 2.23. The number of aryl methyl sites for hydroxylation is 1. The molecule has 7 heteroatoms. The van der Waals surface area contributed by atoms with Crippen LogP contribution in [0.5, 0.6) is 0 Å². The fourth-order valence-electron chi connectivity index (χ4n) is 1.60. The summed E-state index contributed by atoms with van der Waals surface area (Å²) in [5.74, 6) is 0. The van der Waals surface area contributed by atoms with Crippen molar-refractivity contribution in [2.45, 2.75) is 13.5 Å². The van der Waals surface area contributed by atoms with Crippen LogP contribution in [-0.2, 0) is 6.61 Å². The molecular weight excluding hydrogens is 258 g/mol. The molecule has 0 spiro atoms. The normalized spacial score (nSPS) is 10.6. The summed E-state index contributed by atoms with van der Waals surface area (Å²) in [6, 6.07) is 5.86. The van der Waals surface area contributed by atoms with Crippen molar-refractivity contribution in [2.24, 2.45) is 0 Å².